The standard InChI is InChI=1S/C23H36N2O3/c1-22-8-5-14(25-28-15-7-10-24-13-15)11-19(22)20(26)12-16-17-3-4-21(27)23(17,2)9-6-18(16)22/h15-20,24,26H,3-13H2,1-2H3/b25-14-/t15-,16+,17+,18+,19-,20+,22-,23+/m1/s1. The number of carbonyl (C=O) groups is 1. The number of rotatable bonds is 2. The lowest BCUT2D eigenvalue weighted by atomic mass is 9.44. The van der Waals surface area contributed by atoms with Gasteiger partial charge in [0.1, 0.15) is 11.9 Å². The van der Waals surface area contributed by atoms with Gasteiger partial charge in [0, 0.05) is 24.8 Å². The van der Waals surface area contributed by atoms with E-state index >= 15 is 0 Å². The van der Waals surface area contributed by atoms with Crippen LogP contribution in [0.5, 0.6) is 0 Å². The zero-order valence-corrected chi connectivity index (χ0v) is 17.5. The zero-order valence-electron chi connectivity index (χ0n) is 17.5. The summed E-state index contributed by atoms with van der Waals surface area (Å²) < 4.78 is 0. The Bertz CT molecular complexity index is 673. The molecule has 28 heavy (non-hydrogen) atoms. The molecule has 0 aromatic carbocycles. The molecule has 5 rings (SSSR count). The van der Waals surface area contributed by atoms with Crippen molar-refractivity contribution in [3.63, 3.8) is 0 Å². The molecule has 2 N–H and O–H groups in total. The van der Waals surface area contributed by atoms with E-state index in [9.17, 15) is 9.90 Å². The van der Waals surface area contributed by atoms with Crippen molar-refractivity contribution in [2.24, 2.45) is 39.7 Å². The average molecular weight is 389 g/mol. The Hall–Kier alpha value is -0.940. The molecule has 0 radical (unpaired) electrons. The first-order valence-corrected chi connectivity index (χ1v) is 11.6. The van der Waals surface area contributed by atoms with Crippen LogP contribution in [-0.4, -0.2) is 41.9 Å². The molecule has 5 fully saturated rings. The van der Waals surface area contributed by atoms with Crippen LogP contribution >= 0.6 is 0 Å². The molecule has 4 aliphatic carbocycles. The van der Waals surface area contributed by atoms with Gasteiger partial charge in [0.05, 0.1) is 11.8 Å². The predicted molar refractivity (Wildman–Crippen MR) is 108 cm³/mol. The van der Waals surface area contributed by atoms with E-state index in [2.05, 4.69) is 24.3 Å². The van der Waals surface area contributed by atoms with Crippen LogP contribution in [0.3, 0.4) is 0 Å². The summed E-state index contributed by atoms with van der Waals surface area (Å²) in [6.07, 6.45) is 8.80. The highest BCUT2D eigenvalue weighted by Gasteiger charge is 2.61. The van der Waals surface area contributed by atoms with Gasteiger partial charge in [0.15, 0.2) is 0 Å². The largest absolute Gasteiger partial charge is 0.393 e. The van der Waals surface area contributed by atoms with Crippen LogP contribution in [0.15, 0.2) is 5.16 Å². The molecule has 5 aliphatic rings. The third-order valence-electron chi connectivity index (χ3n) is 9.57. The van der Waals surface area contributed by atoms with Crippen molar-refractivity contribution in [1.82, 2.24) is 5.32 Å². The number of oxime groups is 1. The Morgan fingerprint density at radius 2 is 1.96 bits per heavy atom. The van der Waals surface area contributed by atoms with Gasteiger partial charge in [-0.3, -0.25) is 4.79 Å². The Balaban J connectivity index is 1.34. The minimum atomic E-state index is -0.275. The molecule has 8 atom stereocenters. The minimum absolute atomic E-state index is 0.117. The van der Waals surface area contributed by atoms with Gasteiger partial charge >= 0.3 is 0 Å². The molecule has 1 aliphatic heterocycles. The Morgan fingerprint density at radius 1 is 1.11 bits per heavy atom. The second-order valence-electron chi connectivity index (χ2n) is 10.8. The molecule has 0 unspecified atom stereocenters. The molecular formula is C23H36N2O3. The van der Waals surface area contributed by atoms with E-state index in [1.54, 1.807) is 0 Å². The van der Waals surface area contributed by atoms with E-state index in [0.717, 1.165) is 76.6 Å². The second-order valence-corrected chi connectivity index (χ2v) is 10.8. The van der Waals surface area contributed by atoms with E-state index < -0.39 is 0 Å². The summed E-state index contributed by atoms with van der Waals surface area (Å²) in [7, 11) is 0. The smallest absolute Gasteiger partial charge is 0.141 e. The normalized spacial score (nSPS) is 52.2. The van der Waals surface area contributed by atoms with Crippen LogP contribution in [0.25, 0.3) is 0 Å². The Morgan fingerprint density at radius 3 is 2.75 bits per heavy atom. The van der Waals surface area contributed by atoms with Crippen molar-refractivity contribution in [3.05, 3.63) is 0 Å². The third kappa shape index (κ3) is 2.79. The molecule has 5 heteroatoms. The summed E-state index contributed by atoms with van der Waals surface area (Å²) in [6, 6.07) is 0. The number of nitrogens with one attached hydrogen (secondary N) is 1. The summed E-state index contributed by atoms with van der Waals surface area (Å²) >= 11 is 0. The van der Waals surface area contributed by atoms with Gasteiger partial charge in [-0.1, -0.05) is 19.0 Å². The van der Waals surface area contributed by atoms with E-state index in [4.69, 9.17) is 4.84 Å². The quantitative estimate of drug-likeness (QED) is 0.712. The summed E-state index contributed by atoms with van der Waals surface area (Å²) in [4.78, 5) is 18.4. The fourth-order valence-electron chi connectivity index (χ4n) is 7.82. The maximum atomic E-state index is 12.6. The number of aliphatic hydroxyl groups excluding tert-OH is 1. The summed E-state index contributed by atoms with van der Waals surface area (Å²) in [5.74, 6) is 2.41. The van der Waals surface area contributed by atoms with Crippen LogP contribution in [0, 0.1) is 34.5 Å². The highest BCUT2D eigenvalue weighted by atomic mass is 16.6. The van der Waals surface area contributed by atoms with Crippen molar-refractivity contribution >= 4 is 11.5 Å². The molecule has 0 amide bonds. The number of fused-ring (bicyclic) bond motifs is 5. The topological polar surface area (TPSA) is 70.9 Å². The van der Waals surface area contributed by atoms with E-state index in [1.165, 1.54) is 0 Å². The molecule has 1 heterocycles. The molecule has 1 saturated heterocycles. The molecule has 0 spiro atoms. The summed E-state index contributed by atoms with van der Waals surface area (Å²) in [5.41, 5.74) is 1.20. The molecule has 4 saturated carbocycles. The lowest BCUT2D eigenvalue weighted by molar-refractivity contribution is -0.153. The van der Waals surface area contributed by atoms with E-state index in [0.29, 0.717) is 23.5 Å². The lowest BCUT2D eigenvalue weighted by Crippen LogP contribution is -2.57. The molecule has 156 valence electrons. The van der Waals surface area contributed by atoms with Gasteiger partial charge in [0.2, 0.25) is 0 Å². The van der Waals surface area contributed by atoms with E-state index in [1.807, 2.05) is 0 Å². The van der Waals surface area contributed by atoms with Gasteiger partial charge in [-0.2, -0.15) is 0 Å². The second kappa shape index (κ2) is 6.80. The highest BCUT2D eigenvalue weighted by Crippen LogP contribution is 2.65. The fourth-order valence-corrected chi connectivity index (χ4v) is 7.82. The van der Waals surface area contributed by atoms with Crippen LogP contribution in [0.1, 0.15) is 71.6 Å². The monoisotopic (exact) mass is 388 g/mol. The number of hydrogen-bond donors (Lipinski definition) is 2. The average Bonchev–Trinajstić information content (AvgIpc) is 3.29. The minimum Gasteiger partial charge on any atom is -0.393 e. The van der Waals surface area contributed by atoms with Gasteiger partial charge in [0.25, 0.3) is 0 Å². The molecular weight excluding hydrogens is 352 g/mol. The van der Waals surface area contributed by atoms with Gasteiger partial charge in [-0.15, -0.1) is 0 Å². The SMILES string of the molecule is C[C@]12CC/C(=N/O[C@@H]3CCNC3)C[C@@H]1[C@@H](O)C[C@@H]1[C@@H]2CC[C@]2(C)C(=O)CC[C@@H]12. The third-order valence-corrected chi connectivity index (χ3v) is 9.57. The lowest BCUT2D eigenvalue weighted by Gasteiger charge is -2.60. The molecule has 0 aromatic rings. The predicted octanol–water partition coefficient (Wildman–Crippen LogP) is 3.30. The van der Waals surface area contributed by atoms with Crippen molar-refractivity contribution in [1.29, 1.82) is 0 Å². The van der Waals surface area contributed by atoms with Crippen molar-refractivity contribution in [3.8, 4) is 0 Å². The number of nitrogens with zero attached hydrogens (tertiary/aromatic N) is 1. The Labute approximate surface area is 168 Å². The van der Waals surface area contributed by atoms with Gasteiger partial charge < -0.3 is 15.3 Å². The van der Waals surface area contributed by atoms with Crippen molar-refractivity contribution < 1.29 is 14.7 Å². The van der Waals surface area contributed by atoms with Crippen LogP contribution < -0.4 is 5.32 Å². The maximum absolute atomic E-state index is 12.6. The Kier molecular flexibility index (Phi) is 4.63. The number of ketones is 1. The number of aliphatic hydroxyl groups is 1. The first kappa shape index (κ1) is 19.0. The first-order valence-electron chi connectivity index (χ1n) is 11.6. The van der Waals surface area contributed by atoms with Crippen LogP contribution in [0.4, 0.5) is 0 Å². The summed E-state index contributed by atoms with van der Waals surface area (Å²) in [6.45, 7) is 6.55. The first-order chi connectivity index (χ1) is 13.4. The van der Waals surface area contributed by atoms with Gasteiger partial charge in [-0.05, 0) is 80.6 Å². The van der Waals surface area contributed by atoms with E-state index in [-0.39, 0.29) is 29.0 Å². The van der Waals surface area contributed by atoms with Crippen molar-refractivity contribution in [2.45, 2.75) is 83.8 Å². The fraction of sp³-hybridized carbons (Fsp3) is 0.913. The number of Topliss-reactive ketones (excluding diaryl/α,β-unsaturated/α-hetero) is 1. The molecule has 0 bridgehead atoms. The summed E-state index contributed by atoms with van der Waals surface area (Å²) in [5, 5.41) is 19.0. The van der Waals surface area contributed by atoms with Gasteiger partial charge in [-0.25, -0.2) is 0 Å². The number of carbonyl (C=O) groups excluding carboxylic acids is 1. The molecule has 5 nitrogen and oxygen atoms in total. The van der Waals surface area contributed by atoms with Crippen LogP contribution in [-0.2, 0) is 9.63 Å². The molecule has 0 aromatic heterocycles. The highest BCUT2D eigenvalue weighted by molar-refractivity contribution is 5.87. The zero-order chi connectivity index (χ0) is 19.5. The number of hydrogen-bond acceptors (Lipinski definition) is 5. The van der Waals surface area contributed by atoms with Crippen LogP contribution in [0.2, 0.25) is 0 Å². The van der Waals surface area contributed by atoms with Crippen molar-refractivity contribution in [2.75, 3.05) is 13.1 Å². The maximum Gasteiger partial charge on any atom is 0.141 e.